The van der Waals surface area contributed by atoms with Crippen molar-refractivity contribution in [1.82, 2.24) is 0 Å². The normalized spacial score (nSPS) is 10.9. The molecule has 0 saturated carbocycles. The number of carbonyl (C=O) groups excluding carboxylic acids is 1. The first-order valence-corrected chi connectivity index (χ1v) is 8.24. The third kappa shape index (κ3) is 16.6. The van der Waals surface area contributed by atoms with E-state index in [0.717, 1.165) is 25.0 Å². The molecule has 21 heavy (non-hydrogen) atoms. The summed E-state index contributed by atoms with van der Waals surface area (Å²) in [5, 5.41) is 8.34. The highest BCUT2D eigenvalue weighted by atomic mass is 16.5. The van der Waals surface area contributed by atoms with Crippen molar-refractivity contribution < 1.29 is 19.4 Å². The van der Waals surface area contributed by atoms with Gasteiger partial charge in [0.25, 0.3) is 0 Å². The van der Waals surface area contributed by atoms with Gasteiger partial charge in [-0.3, -0.25) is 0 Å². The van der Waals surface area contributed by atoms with Gasteiger partial charge < -0.3 is 9.84 Å². The standard InChI is InChI=1S/C17H30O4/c1-2-3-4-5-6-7-8-9-10-11-12-15-21-17(20)14-13-16(18)19/h13-14H,2-12,15H2,1H3,(H,18,19). The fourth-order valence-corrected chi connectivity index (χ4v) is 2.13. The van der Waals surface area contributed by atoms with Crippen LogP contribution in [0.3, 0.4) is 0 Å². The van der Waals surface area contributed by atoms with Gasteiger partial charge in [-0.25, -0.2) is 9.59 Å². The van der Waals surface area contributed by atoms with Crippen LogP contribution in [0.4, 0.5) is 0 Å². The molecule has 0 spiro atoms. The Labute approximate surface area is 128 Å². The average Bonchev–Trinajstić information content (AvgIpc) is 2.46. The van der Waals surface area contributed by atoms with Gasteiger partial charge in [-0.15, -0.1) is 0 Å². The SMILES string of the molecule is CCCCCCCCCCCCCOC(=O)C=CC(=O)O. The number of hydrogen-bond acceptors (Lipinski definition) is 3. The van der Waals surface area contributed by atoms with E-state index in [1.807, 2.05) is 0 Å². The molecule has 0 atom stereocenters. The summed E-state index contributed by atoms with van der Waals surface area (Å²) < 4.78 is 4.89. The smallest absolute Gasteiger partial charge is 0.331 e. The summed E-state index contributed by atoms with van der Waals surface area (Å²) in [6, 6.07) is 0. The number of ether oxygens (including phenoxy) is 1. The van der Waals surface area contributed by atoms with Crippen molar-refractivity contribution in [1.29, 1.82) is 0 Å². The van der Waals surface area contributed by atoms with Crippen LogP contribution >= 0.6 is 0 Å². The maximum atomic E-state index is 11.1. The van der Waals surface area contributed by atoms with Crippen molar-refractivity contribution >= 4 is 11.9 Å². The molecule has 0 aromatic rings. The summed E-state index contributed by atoms with van der Waals surface area (Å²) in [4.78, 5) is 21.2. The van der Waals surface area contributed by atoms with Gasteiger partial charge in [0.2, 0.25) is 0 Å². The van der Waals surface area contributed by atoms with Gasteiger partial charge in [-0.2, -0.15) is 0 Å². The predicted molar refractivity (Wildman–Crippen MR) is 84.2 cm³/mol. The molecule has 0 saturated heterocycles. The molecule has 0 amide bonds. The van der Waals surface area contributed by atoms with Crippen LogP contribution in [0.1, 0.15) is 77.6 Å². The Hall–Kier alpha value is -1.32. The topological polar surface area (TPSA) is 63.6 Å². The van der Waals surface area contributed by atoms with Crippen LogP contribution in [-0.4, -0.2) is 23.7 Å². The number of unbranched alkanes of at least 4 members (excludes halogenated alkanes) is 10. The highest BCUT2D eigenvalue weighted by Crippen LogP contribution is 2.11. The second-order valence-corrected chi connectivity index (χ2v) is 5.37. The Morgan fingerprint density at radius 1 is 0.810 bits per heavy atom. The molecule has 0 rings (SSSR count). The predicted octanol–water partition coefficient (Wildman–Crippen LogP) is 4.48. The lowest BCUT2D eigenvalue weighted by Gasteiger charge is -2.03. The minimum absolute atomic E-state index is 0.375. The molecule has 0 aromatic carbocycles. The largest absolute Gasteiger partial charge is 0.478 e. The van der Waals surface area contributed by atoms with Crippen molar-refractivity contribution in [3.63, 3.8) is 0 Å². The zero-order valence-corrected chi connectivity index (χ0v) is 13.3. The monoisotopic (exact) mass is 298 g/mol. The molecule has 122 valence electrons. The second kappa shape index (κ2) is 15.1. The number of carbonyl (C=O) groups is 2. The quantitative estimate of drug-likeness (QED) is 0.292. The number of esters is 1. The van der Waals surface area contributed by atoms with Crippen molar-refractivity contribution in [2.75, 3.05) is 6.61 Å². The van der Waals surface area contributed by atoms with Crippen LogP contribution in [0.25, 0.3) is 0 Å². The van der Waals surface area contributed by atoms with E-state index in [0.29, 0.717) is 6.61 Å². The van der Waals surface area contributed by atoms with Gasteiger partial charge in [0.15, 0.2) is 0 Å². The van der Waals surface area contributed by atoms with Gasteiger partial charge in [0.05, 0.1) is 6.61 Å². The molecule has 0 aliphatic carbocycles. The van der Waals surface area contributed by atoms with Gasteiger partial charge in [-0.1, -0.05) is 71.1 Å². The molecule has 0 fully saturated rings. The van der Waals surface area contributed by atoms with E-state index in [2.05, 4.69) is 6.92 Å². The van der Waals surface area contributed by atoms with Gasteiger partial charge in [0.1, 0.15) is 0 Å². The summed E-state index contributed by atoms with van der Waals surface area (Å²) in [6.07, 6.45) is 15.5. The van der Waals surface area contributed by atoms with Crippen molar-refractivity contribution in [2.45, 2.75) is 77.6 Å². The van der Waals surface area contributed by atoms with Crippen LogP contribution in [0.2, 0.25) is 0 Å². The molecule has 0 aliphatic heterocycles. The number of rotatable bonds is 14. The average molecular weight is 298 g/mol. The van der Waals surface area contributed by atoms with E-state index >= 15 is 0 Å². The van der Waals surface area contributed by atoms with Crippen LogP contribution in [0.5, 0.6) is 0 Å². The van der Waals surface area contributed by atoms with Crippen LogP contribution in [-0.2, 0) is 14.3 Å². The zero-order chi connectivity index (χ0) is 15.8. The van der Waals surface area contributed by atoms with Crippen LogP contribution in [0.15, 0.2) is 12.2 Å². The minimum Gasteiger partial charge on any atom is -0.478 e. The van der Waals surface area contributed by atoms with E-state index < -0.39 is 11.9 Å². The summed E-state index contributed by atoms with van der Waals surface area (Å²) in [7, 11) is 0. The number of aliphatic carboxylic acids is 1. The van der Waals surface area contributed by atoms with E-state index in [9.17, 15) is 9.59 Å². The summed E-state index contributed by atoms with van der Waals surface area (Å²) in [6.45, 7) is 2.61. The molecule has 0 aliphatic rings. The van der Waals surface area contributed by atoms with E-state index in [1.165, 1.54) is 57.8 Å². The Bertz CT molecular complexity index is 297. The summed E-state index contributed by atoms with van der Waals surface area (Å²) in [5.41, 5.74) is 0. The van der Waals surface area contributed by atoms with Crippen molar-refractivity contribution in [2.24, 2.45) is 0 Å². The summed E-state index contributed by atoms with van der Waals surface area (Å²) in [5.74, 6) is -1.72. The first-order chi connectivity index (χ1) is 10.2. The Balaban J connectivity index is 3.19. The maximum Gasteiger partial charge on any atom is 0.331 e. The van der Waals surface area contributed by atoms with E-state index in [-0.39, 0.29) is 0 Å². The van der Waals surface area contributed by atoms with Crippen molar-refractivity contribution in [3.8, 4) is 0 Å². The lowest BCUT2D eigenvalue weighted by atomic mass is 10.1. The van der Waals surface area contributed by atoms with Crippen LogP contribution in [0, 0.1) is 0 Å². The molecule has 1 N–H and O–H groups in total. The summed E-state index contributed by atoms with van der Waals surface area (Å²) >= 11 is 0. The number of hydrogen-bond donors (Lipinski definition) is 1. The first-order valence-electron chi connectivity index (χ1n) is 8.24. The zero-order valence-electron chi connectivity index (χ0n) is 13.3. The maximum absolute atomic E-state index is 11.1. The third-order valence-corrected chi connectivity index (χ3v) is 3.35. The molecule has 0 bridgehead atoms. The van der Waals surface area contributed by atoms with E-state index in [1.54, 1.807) is 0 Å². The molecular formula is C17H30O4. The molecule has 4 heteroatoms. The molecule has 0 unspecified atom stereocenters. The highest BCUT2D eigenvalue weighted by molar-refractivity contribution is 5.90. The van der Waals surface area contributed by atoms with E-state index in [4.69, 9.17) is 9.84 Å². The number of carboxylic acids is 1. The van der Waals surface area contributed by atoms with Gasteiger partial charge in [-0.05, 0) is 6.42 Å². The Morgan fingerprint density at radius 3 is 1.76 bits per heavy atom. The fourth-order valence-electron chi connectivity index (χ4n) is 2.13. The molecule has 0 heterocycles. The molecule has 0 radical (unpaired) electrons. The van der Waals surface area contributed by atoms with Gasteiger partial charge >= 0.3 is 11.9 Å². The lowest BCUT2D eigenvalue weighted by Crippen LogP contribution is -2.03. The lowest BCUT2D eigenvalue weighted by molar-refractivity contribution is -0.138. The number of carboxylic acid groups (broad SMARTS) is 1. The molecular weight excluding hydrogens is 268 g/mol. The van der Waals surface area contributed by atoms with Crippen molar-refractivity contribution in [3.05, 3.63) is 12.2 Å². The second-order valence-electron chi connectivity index (χ2n) is 5.37. The third-order valence-electron chi connectivity index (χ3n) is 3.35. The molecule has 4 nitrogen and oxygen atoms in total. The highest BCUT2D eigenvalue weighted by Gasteiger charge is 1.98. The van der Waals surface area contributed by atoms with Crippen LogP contribution < -0.4 is 0 Å². The first kappa shape index (κ1) is 19.7. The van der Waals surface area contributed by atoms with Gasteiger partial charge in [0, 0.05) is 12.2 Å². The molecule has 0 aromatic heterocycles. The Morgan fingerprint density at radius 2 is 1.29 bits per heavy atom. The Kier molecular flexibility index (Phi) is 14.1. The minimum atomic E-state index is -1.14. The fraction of sp³-hybridized carbons (Fsp3) is 0.765.